The first-order chi connectivity index (χ1) is 10.6. The molecule has 1 atom stereocenters. The molecule has 0 saturated carbocycles. The van der Waals surface area contributed by atoms with Crippen LogP contribution in [0.1, 0.15) is 13.3 Å². The smallest absolute Gasteiger partial charge is 0.319 e. The van der Waals surface area contributed by atoms with E-state index in [0.29, 0.717) is 24.3 Å². The Morgan fingerprint density at radius 2 is 2.23 bits per heavy atom. The maximum absolute atomic E-state index is 13.6. The quantitative estimate of drug-likeness (QED) is 0.765. The van der Waals surface area contributed by atoms with E-state index < -0.39 is 0 Å². The number of benzene rings is 1. The van der Waals surface area contributed by atoms with Crippen LogP contribution in [0.3, 0.4) is 0 Å². The summed E-state index contributed by atoms with van der Waals surface area (Å²) in [6, 6.07) is 5.89. The lowest BCUT2D eigenvalue weighted by Gasteiger charge is -2.11. The highest BCUT2D eigenvalue weighted by molar-refractivity contribution is 5.88. The molecule has 22 heavy (non-hydrogen) atoms. The molecule has 0 aliphatic heterocycles. The molecule has 0 radical (unpaired) electrons. The molecule has 1 aromatic carbocycles. The molecule has 1 aromatic heterocycles. The number of rotatable bonds is 6. The second-order valence-corrected chi connectivity index (χ2v) is 5.08. The van der Waals surface area contributed by atoms with Gasteiger partial charge in [-0.1, -0.05) is 19.1 Å². The maximum atomic E-state index is 13.6. The van der Waals surface area contributed by atoms with Gasteiger partial charge >= 0.3 is 6.03 Å². The molecule has 118 valence electrons. The zero-order chi connectivity index (χ0) is 15.9. The van der Waals surface area contributed by atoms with E-state index in [4.69, 9.17) is 5.11 Å². The van der Waals surface area contributed by atoms with E-state index in [1.165, 1.54) is 23.1 Å². The van der Waals surface area contributed by atoms with Gasteiger partial charge in [0.15, 0.2) is 0 Å². The predicted octanol–water partition coefficient (Wildman–Crippen LogP) is 2.15. The standard InChI is InChI=1S/C15H19FN4O2/c1-11(6-7-21)8-17-15(22)19-12-9-18-20(10-12)14-5-3-2-4-13(14)16/h2-5,9-11,21H,6-8H2,1H3,(H2,17,19,22). The van der Waals surface area contributed by atoms with Crippen molar-refractivity contribution in [2.45, 2.75) is 13.3 Å². The van der Waals surface area contributed by atoms with Gasteiger partial charge in [0.1, 0.15) is 11.5 Å². The number of hydrogen-bond acceptors (Lipinski definition) is 3. The van der Waals surface area contributed by atoms with Crippen LogP contribution in [0.2, 0.25) is 0 Å². The minimum absolute atomic E-state index is 0.0971. The molecule has 0 fully saturated rings. The van der Waals surface area contributed by atoms with Crippen LogP contribution in [-0.4, -0.2) is 34.1 Å². The van der Waals surface area contributed by atoms with Crippen LogP contribution < -0.4 is 10.6 Å². The SMILES string of the molecule is CC(CCO)CNC(=O)Nc1cnn(-c2ccccc2F)c1. The number of carbonyl (C=O) groups is 1. The highest BCUT2D eigenvalue weighted by Crippen LogP contribution is 2.14. The van der Waals surface area contributed by atoms with Crippen molar-refractivity contribution in [2.24, 2.45) is 5.92 Å². The minimum Gasteiger partial charge on any atom is -0.396 e. The van der Waals surface area contributed by atoms with E-state index in [2.05, 4.69) is 15.7 Å². The molecular formula is C15H19FN4O2. The van der Waals surface area contributed by atoms with E-state index in [1.807, 2.05) is 6.92 Å². The lowest BCUT2D eigenvalue weighted by molar-refractivity contribution is 0.243. The van der Waals surface area contributed by atoms with Crippen LogP contribution in [0.5, 0.6) is 0 Å². The number of halogens is 1. The van der Waals surface area contributed by atoms with Gasteiger partial charge in [0.25, 0.3) is 0 Å². The van der Waals surface area contributed by atoms with Gasteiger partial charge in [-0.05, 0) is 24.5 Å². The Kier molecular flexibility index (Phi) is 5.48. The fourth-order valence-corrected chi connectivity index (χ4v) is 1.92. The molecule has 6 nitrogen and oxygen atoms in total. The number of amides is 2. The van der Waals surface area contributed by atoms with Crippen molar-refractivity contribution in [2.75, 3.05) is 18.5 Å². The summed E-state index contributed by atoms with van der Waals surface area (Å²) >= 11 is 0. The van der Waals surface area contributed by atoms with Crippen molar-refractivity contribution < 1.29 is 14.3 Å². The molecule has 2 rings (SSSR count). The number of carbonyl (C=O) groups excluding carboxylic acids is 1. The Labute approximate surface area is 128 Å². The maximum Gasteiger partial charge on any atom is 0.319 e. The molecule has 7 heteroatoms. The number of nitrogens with one attached hydrogen (secondary N) is 2. The van der Waals surface area contributed by atoms with Crippen LogP contribution in [0, 0.1) is 11.7 Å². The molecule has 0 aliphatic rings. The Morgan fingerprint density at radius 1 is 1.45 bits per heavy atom. The number of hydrogen-bond donors (Lipinski definition) is 3. The first kappa shape index (κ1) is 16.0. The highest BCUT2D eigenvalue weighted by atomic mass is 19.1. The van der Waals surface area contributed by atoms with Crippen LogP contribution in [0.4, 0.5) is 14.9 Å². The van der Waals surface area contributed by atoms with Crippen molar-refractivity contribution in [1.29, 1.82) is 0 Å². The monoisotopic (exact) mass is 306 g/mol. The van der Waals surface area contributed by atoms with Crippen molar-refractivity contribution in [3.63, 3.8) is 0 Å². The van der Waals surface area contributed by atoms with Gasteiger partial charge < -0.3 is 15.7 Å². The molecule has 0 aliphatic carbocycles. The highest BCUT2D eigenvalue weighted by Gasteiger charge is 2.09. The number of nitrogens with zero attached hydrogens (tertiary/aromatic N) is 2. The third kappa shape index (κ3) is 4.29. The van der Waals surface area contributed by atoms with Gasteiger partial charge in [0.05, 0.1) is 18.1 Å². The Bertz CT molecular complexity index is 630. The number of urea groups is 1. The molecule has 3 N–H and O–H groups in total. The van der Waals surface area contributed by atoms with Crippen molar-refractivity contribution in [3.05, 3.63) is 42.5 Å². The van der Waals surface area contributed by atoms with Crippen LogP contribution in [-0.2, 0) is 0 Å². The number of anilines is 1. The van der Waals surface area contributed by atoms with E-state index >= 15 is 0 Å². The lowest BCUT2D eigenvalue weighted by Crippen LogP contribution is -2.32. The summed E-state index contributed by atoms with van der Waals surface area (Å²) < 4.78 is 15.0. The second kappa shape index (κ2) is 7.56. The van der Waals surface area contributed by atoms with Crippen molar-refractivity contribution in [3.8, 4) is 5.69 Å². The van der Waals surface area contributed by atoms with Gasteiger partial charge in [-0.15, -0.1) is 0 Å². The molecule has 2 aromatic rings. The summed E-state index contributed by atoms with van der Waals surface area (Å²) in [6.07, 6.45) is 3.61. The Hall–Kier alpha value is -2.41. The molecule has 0 saturated heterocycles. The molecule has 1 unspecified atom stereocenters. The topological polar surface area (TPSA) is 79.2 Å². The van der Waals surface area contributed by atoms with E-state index in [1.54, 1.807) is 18.2 Å². The number of para-hydroxylation sites is 1. The molecule has 0 bridgehead atoms. The fourth-order valence-electron chi connectivity index (χ4n) is 1.92. The molecule has 1 heterocycles. The van der Waals surface area contributed by atoms with Gasteiger partial charge in [-0.2, -0.15) is 5.10 Å². The zero-order valence-corrected chi connectivity index (χ0v) is 12.3. The van der Waals surface area contributed by atoms with E-state index in [-0.39, 0.29) is 24.4 Å². The summed E-state index contributed by atoms with van der Waals surface area (Å²) in [5, 5.41) is 18.2. The van der Waals surface area contributed by atoms with Gasteiger partial charge in [0.2, 0.25) is 0 Å². The summed E-state index contributed by atoms with van der Waals surface area (Å²) in [4.78, 5) is 11.7. The molecular weight excluding hydrogens is 287 g/mol. The van der Waals surface area contributed by atoms with Crippen LogP contribution in [0.25, 0.3) is 5.69 Å². The van der Waals surface area contributed by atoms with Crippen molar-refractivity contribution >= 4 is 11.7 Å². The lowest BCUT2D eigenvalue weighted by atomic mass is 10.1. The van der Waals surface area contributed by atoms with Gasteiger partial charge in [-0.3, -0.25) is 0 Å². The Morgan fingerprint density at radius 3 is 2.95 bits per heavy atom. The normalized spacial score (nSPS) is 12.0. The van der Waals surface area contributed by atoms with Gasteiger partial charge in [0, 0.05) is 13.2 Å². The summed E-state index contributed by atoms with van der Waals surface area (Å²) in [5.41, 5.74) is 0.781. The summed E-state index contributed by atoms with van der Waals surface area (Å²) in [5.74, 6) is -0.198. The summed E-state index contributed by atoms with van der Waals surface area (Å²) in [6.45, 7) is 2.50. The third-order valence-corrected chi connectivity index (χ3v) is 3.17. The number of aliphatic hydroxyl groups is 1. The first-order valence-electron chi connectivity index (χ1n) is 7.05. The fraction of sp³-hybridized carbons (Fsp3) is 0.333. The van der Waals surface area contributed by atoms with Crippen LogP contribution >= 0.6 is 0 Å². The van der Waals surface area contributed by atoms with Gasteiger partial charge in [-0.25, -0.2) is 13.9 Å². The first-order valence-corrected chi connectivity index (χ1v) is 7.05. The van der Waals surface area contributed by atoms with E-state index in [0.717, 1.165) is 0 Å². The van der Waals surface area contributed by atoms with E-state index in [9.17, 15) is 9.18 Å². The largest absolute Gasteiger partial charge is 0.396 e. The second-order valence-electron chi connectivity index (χ2n) is 5.08. The van der Waals surface area contributed by atoms with Crippen molar-refractivity contribution in [1.82, 2.24) is 15.1 Å². The molecule has 2 amide bonds. The average Bonchev–Trinajstić information content (AvgIpc) is 2.94. The number of aliphatic hydroxyl groups excluding tert-OH is 1. The summed E-state index contributed by atoms with van der Waals surface area (Å²) in [7, 11) is 0. The average molecular weight is 306 g/mol. The molecule has 0 spiro atoms. The predicted molar refractivity (Wildman–Crippen MR) is 81.4 cm³/mol. The van der Waals surface area contributed by atoms with Crippen LogP contribution in [0.15, 0.2) is 36.7 Å². The third-order valence-electron chi connectivity index (χ3n) is 3.17. The Balaban J connectivity index is 1.92. The number of aromatic nitrogens is 2. The minimum atomic E-state index is -0.389. The zero-order valence-electron chi connectivity index (χ0n) is 12.3.